The van der Waals surface area contributed by atoms with Crippen LogP contribution in [0.5, 0.6) is 0 Å². The fourth-order valence-corrected chi connectivity index (χ4v) is 2.47. The molecule has 0 atom stereocenters. The van der Waals surface area contributed by atoms with Crippen LogP contribution in [0.2, 0.25) is 0 Å². The number of nitrogens with zero attached hydrogens (tertiary/aromatic N) is 2. The van der Waals surface area contributed by atoms with Gasteiger partial charge in [0.15, 0.2) is 0 Å². The molecular formula is C10H12BrN3O2S. The molecule has 0 saturated carbocycles. The first-order valence-corrected chi connectivity index (χ1v) is 7.81. The zero-order valence-corrected chi connectivity index (χ0v) is 11.6. The molecule has 1 heterocycles. The average Bonchev–Trinajstić information content (AvgIpc) is 2.49. The van der Waals surface area contributed by atoms with Crippen molar-refractivity contribution >= 4 is 42.7 Å². The number of nitrogens with two attached hydrogens (primary N) is 1. The van der Waals surface area contributed by atoms with Crippen molar-refractivity contribution in [1.82, 2.24) is 9.55 Å². The third-order valence-electron chi connectivity index (χ3n) is 2.43. The molecular weight excluding hydrogens is 306 g/mol. The highest BCUT2D eigenvalue weighted by Crippen LogP contribution is 2.22. The fraction of sp³-hybridized carbons (Fsp3) is 0.300. The lowest BCUT2D eigenvalue weighted by molar-refractivity contribution is 0.596. The Balaban J connectivity index is 2.45. The van der Waals surface area contributed by atoms with Crippen molar-refractivity contribution in [2.24, 2.45) is 0 Å². The van der Waals surface area contributed by atoms with E-state index < -0.39 is 9.84 Å². The number of aryl methyl sites for hydroxylation is 1. The number of hydrogen-bond donors (Lipinski definition) is 1. The highest BCUT2D eigenvalue weighted by molar-refractivity contribution is 9.10. The van der Waals surface area contributed by atoms with Gasteiger partial charge in [0.2, 0.25) is 5.95 Å². The Kier molecular flexibility index (Phi) is 3.13. The van der Waals surface area contributed by atoms with Crippen LogP contribution in [-0.2, 0) is 16.4 Å². The normalized spacial score (nSPS) is 12.1. The number of nitrogen functional groups attached to an aromatic ring is 1. The summed E-state index contributed by atoms with van der Waals surface area (Å²) in [5.41, 5.74) is 7.37. The standard InChI is InChI=1S/C10H12BrN3O2S/c1-17(15,16)5-4-14-9-6-7(11)2-3-8(9)13-10(14)12/h2-3,6H,4-5H2,1H3,(H2,12,13). The minimum Gasteiger partial charge on any atom is -0.369 e. The van der Waals surface area contributed by atoms with Crippen molar-refractivity contribution in [3.05, 3.63) is 22.7 Å². The summed E-state index contributed by atoms with van der Waals surface area (Å²) in [6.45, 7) is 0.317. The molecule has 92 valence electrons. The molecule has 7 heteroatoms. The highest BCUT2D eigenvalue weighted by atomic mass is 79.9. The van der Waals surface area contributed by atoms with E-state index in [1.807, 2.05) is 18.2 Å². The first-order chi connectivity index (χ1) is 7.87. The van der Waals surface area contributed by atoms with E-state index in [1.54, 1.807) is 4.57 Å². The van der Waals surface area contributed by atoms with Crippen LogP contribution < -0.4 is 5.73 Å². The van der Waals surface area contributed by atoms with Gasteiger partial charge >= 0.3 is 0 Å². The minimum absolute atomic E-state index is 0.0508. The highest BCUT2D eigenvalue weighted by Gasteiger charge is 2.10. The summed E-state index contributed by atoms with van der Waals surface area (Å²) >= 11 is 3.37. The molecule has 0 radical (unpaired) electrons. The second-order valence-corrected chi connectivity index (χ2v) is 7.06. The fourth-order valence-electron chi connectivity index (χ4n) is 1.61. The van der Waals surface area contributed by atoms with Gasteiger partial charge in [-0.2, -0.15) is 0 Å². The predicted molar refractivity (Wildman–Crippen MR) is 71.6 cm³/mol. The summed E-state index contributed by atoms with van der Waals surface area (Å²) in [5.74, 6) is 0.386. The maximum Gasteiger partial charge on any atom is 0.201 e. The van der Waals surface area contributed by atoms with Crippen molar-refractivity contribution in [2.45, 2.75) is 6.54 Å². The number of hydrogen-bond acceptors (Lipinski definition) is 4. The third-order valence-corrected chi connectivity index (χ3v) is 3.84. The molecule has 0 bridgehead atoms. The molecule has 0 aliphatic heterocycles. The van der Waals surface area contributed by atoms with Crippen LogP contribution in [0, 0.1) is 0 Å². The van der Waals surface area contributed by atoms with Gasteiger partial charge in [-0.1, -0.05) is 15.9 Å². The number of imidazole rings is 1. The van der Waals surface area contributed by atoms with Gasteiger partial charge < -0.3 is 10.3 Å². The molecule has 0 amide bonds. The molecule has 0 fully saturated rings. The number of benzene rings is 1. The molecule has 2 aromatic rings. The average molecular weight is 318 g/mol. The molecule has 0 aliphatic carbocycles. The summed E-state index contributed by atoms with van der Waals surface area (Å²) < 4.78 is 24.9. The monoisotopic (exact) mass is 317 g/mol. The van der Waals surface area contributed by atoms with Crippen LogP contribution in [0.25, 0.3) is 11.0 Å². The third kappa shape index (κ3) is 2.78. The van der Waals surface area contributed by atoms with Crippen LogP contribution in [-0.4, -0.2) is 30.0 Å². The topological polar surface area (TPSA) is 78.0 Å². The Morgan fingerprint density at radius 1 is 1.47 bits per heavy atom. The van der Waals surface area contributed by atoms with Crippen molar-refractivity contribution in [3.63, 3.8) is 0 Å². The lowest BCUT2D eigenvalue weighted by atomic mass is 10.3. The number of rotatable bonds is 3. The van der Waals surface area contributed by atoms with E-state index in [9.17, 15) is 8.42 Å². The Morgan fingerprint density at radius 3 is 2.82 bits per heavy atom. The van der Waals surface area contributed by atoms with E-state index in [0.29, 0.717) is 12.5 Å². The second-order valence-electron chi connectivity index (χ2n) is 3.88. The van der Waals surface area contributed by atoms with Gasteiger partial charge in [-0.15, -0.1) is 0 Å². The van der Waals surface area contributed by atoms with Gasteiger partial charge in [0, 0.05) is 17.3 Å². The molecule has 0 aliphatic rings. The molecule has 1 aromatic carbocycles. The van der Waals surface area contributed by atoms with Crippen LogP contribution >= 0.6 is 15.9 Å². The zero-order valence-electron chi connectivity index (χ0n) is 9.22. The van der Waals surface area contributed by atoms with Crippen LogP contribution in [0.4, 0.5) is 5.95 Å². The van der Waals surface area contributed by atoms with Crippen molar-refractivity contribution in [3.8, 4) is 0 Å². The summed E-state index contributed by atoms with van der Waals surface area (Å²) in [6, 6.07) is 5.59. The van der Waals surface area contributed by atoms with Crippen LogP contribution in [0.15, 0.2) is 22.7 Å². The van der Waals surface area contributed by atoms with Gasteiger partial charge in [0.25, 0.3) is 0 Å². The molecule has 17 heavy (non-hydrogen) atoms. The summed E-state index contributed by atoms with van der Waals surface area (Å²) in [7, 11) is -3.01. The Labute approximate surface area is 108 Å². The molecule has 2 rings (SSSR count). The van der Waals surface area contributed by atoms with Gasteiger partial charge in [0.05, 0.1) is 16.8 Å². The number of aromatic nitrogens is 2. The Morgan fingerprint density at radius 2 is 2.18 bits per heavy atom. The van der Waals surface area contributed by atoms with E-state index in [1.165, 1.54) is 6.26 Å². The van der Waals surface area contributed by atoms with Gasteiger partial charge in [-0.25, -0.2) is 13.4 Å². The van der Waals surface area contributed by atoms with Gasteiger partial charge in [-0.05, 0) is 18.2 Å². The summed E-state index contributed by atoms with van der Waals surface area (Å²) in [6.07, 6.45) is 1.21. The van der Waals surface area contributed by atoms with E-state index in [4.69, 9.17) is 5.73 Å². The molecule has 2 N–H and O–H groups in total. The smallest absolute Gasteiger partial charge is 0.201 e. The van der Waals surface area contributed by atoms with Crippen molar-refractivity contribution in [1.29, 1.82) is 0 Å². The zero-order chi connectivity index (χ0) is 12.6. The summed E-state index contributed by atoms with van der Waals surface area (Å²) in [5, 5.41) is 0. The van der Waals surface area contributed by atoms with E-state index in [0.717, 1.165) is 15.5 Å². The molecule has 0 unspecified atom stereocenters. The summed E-state index contributed by atoms with van der Waals surface area (Å²) in [4.78, 5) is 4.18. The molecule has 0 spiro atoms. The predicted octanol–water partition coefficient (Wildman–Crippen LogP) is 1.43. The van der Waals surface area contributed by atoms with Crippen LogP contribution in [0.1, 0.15) is 0 Å². The lowest BCUT2D eigenvalue weighted by Gasteiger charge is -2.05. The first kappa shape index (κ1) is 12.4. The number of halogens is 1. The van der Waals surface area contributed by atoms with Crippen molar-refractivity contribution < 1.29 is 8.42 Å². The maximum absolute atomic E-state index is 11.2. The van der Waals surface area contributed by atoms with Gasteiger partial charge in [-0.3, -0.25) is 0 Å². The number of fused-ring (bicyclic) bond motifs is 1. The maximum atomic E-state index is 11.2. The van der Waals surface area contributed by atoms with E-state index in [2.05, 4.69) is 20.9 Å². The number of anilines is 1. The van der Waals surface area contributed by atoms with Crippen molar-refractivity contribution in [2.75, 3.05) is 17.7 Å². The lowest BCUT2D eigenvalue weighted by Crippen LogP contribution is -2.12. The molecule has 0 saturated heterocycles. The van der Waals surface area contributed by atoms with Crippen LogP contribution in [0.3, 0.4) is 0 Å². The minimum atomic E-state index is -3.01. The first-order valence-electron chi connectivity index (χ1n) is 4.96. The van der Waals surface area contributed by atoms with E-state index >= 15 is 0 Å². The molecule has 5 nitrogen and oxygen atoms in total. The molecule has 1 aromatic heterocycles. The Hall–Kier alpha value is -1.08. The SMILES string of the molecule is CS(=O)(=O)CCn1c(N)nc2ccc(Br)cc21. The number of sulfone groups is 1. The quantitative estimate of drug-likeness (QED) is 0.928. The second kappa shape index (κ2) is 4.30. The van der Waals surface area contributed by atoms with E-state index in [-0.39, 0.29) is 5.75 Å². The Bertz CT molecular complexity index is 663. The van der Waals surface area contributed by atoms with Gasteiger partial charge in [0.1, 0.15) is 9.84 Å². The largest absolute Gasteiger partial charge is 0.369 e.